The molecule has 1 aliphatic rings. The van der Waals surface area contributed by atoms with Gasteiger partial charge in [-0.3, -0.25) is 4.79 Å². The second-order valence-electron chi connectivity index (χ2n) is 9.30. The summed E-state index contributed by atoms with van der Waals surface area (Å²) in [6.07, 6.45) is 4.24. The van der Waals surface area contributed by atoms with Crippen molar-refractivity contribution in [3.63, 3.8) is 0 Å². The van der Waals surface area contributed by atoms with Crippen molar-refractivity contribution in [2.24, 2.45) is 5.92 Å². The van der Waals surface area contributed by atoms with E-state index in [2.05, 4.69) is 16.7 Å². The minimum Gasteiger partial charge on any atom is -0.378 e. The van der Waals surface area contributed by atoms with Crippen molar-refractivity contribution < 1.29 is 4.79 Å². The van der Waals surface area contributed by atoms with Crippen molar-refractivity contribution in [3.05, 3.63) is 54.1 Å². The van der Waals surface area contributed by atoms with E-state index in [1.54, 1.807) is 0 Å². The Morgan fingerprint density at radius 3 is 2.24 bits per heavy atom. The van der Waals surface area contributed by atoms with Crippen molar-refractivity contribution in [1.82, 2.24) is 15.3 Å². The van der Waals surface area contributed by atoms with Gasteiger partial charge < -0.3 is 20.4 Å². The maximum Gasteiger partial charge on any atom is 0.251 e. The quantitative estimate of drug-likeness (QED) is 0.526. The minimum absolute atomic E-state index is 0. The van der Waals surface area contributed by atoms with Gasteiger partial charge in [0.25, 0.3) is 5.91 Å². The molecule has 182 valence electrons. The molecule has 2 N–H and O–H groups in total. The largest absolute Gasteiger partial charge is 0.378 e. The van der Waals surface area contributed by atoms with Gasteiger partial charge in [-0.25, -0.2) is 4.98 Å². The monoisotopic (exact) mass is 462 g/mol. The fraction of sp³-hybridized carbons (Fsp3) is 0.444. The number of anilines is 3. The molecule has 4 rings (SSSR count). The van der Waals surface area contributed by atoms with Gasteiger partial charge in [0, 0.05) is 57.4 Å². The molecule has 0 bridgehead atoms. The minimum atomic E-state index is 0. The zero-order valence-corrected chi connectivity index (χ0v) is 20.0. The van der Waals surface area contributed by atoms with Crippen LogP contribution in [0, 0.1) is 5.92 Å². The smallest absolute Gasteiger partial charge is 0.251 e. The van der Waals surface area contributed by atoms with E-state index < -0.39 is 0 Å². The predicted molar refractivity (Wildman–Crippen MR) is 143 cm³/mol. The van der Waals surface area contributed by atoms with E-state index in [-0.39, 0.29) is 13.3 Å². The van der Waals surface area contributed by atoms with Crippen LogP contribution in [0.2, 0.25) is 0 Å². The summed E-state index contributed by atoms with van der Waals surface area (Å²) in [6.45, 7) is 0.720. The summed E-state index contributed by atoms with van der Waals surface area (Å²) < 4.78 is 0. The summed E-state index contributed by atoms with van der Waals surface area (Å²) in [5, 5.41) is 7.73. The molecule has 1 aliphatic carbocycles. The van der Waals surface area contributed by atoms with Crippen molar-refractivity contribution in [3.8, 4) is 0 Å². The van der Waals surface area contributed by atoms with Gasteiger partial charge in [0.1, 0.15) is 5.82 Å². The van der Waals surface area contributed by atoms with Crippen LogP contribution in [-0.2, 0) is 0 Å². The Kier molecular flexibility index (Phi) is 8.31. The fourth-order valence-corrected chi connectivity index (χ4v) is 4.41. The second kappa shape index (κ2) is 11.2. The molecule has 2 aromatic carbocycles. The second-order valence-corrected chi connectivity index (χ2v) is 9.30. The molecule has 1 heterocycles. The van der Waals surface area contributed by atoms with Gasteiger partial charge in [-0.15, -0.1) is 0 Å². The van der Waals surface area contributed by atoms with Crippen molar-refractivity contribution in [2.45, 2.75) is 39.2 Å². The number of carbonyl (C=O) groups is 1. The first-order valence-corrected chi connectivity index (χ1v) is 11.7. The maximum absolute atomic E-state index is 12.5. The van der Waals surface area contributed by atoms with Gasteiger partial charge in [-0.1, -0.05) is 19.6 Å². The number of para-hydroxylation sites is 1. The normalized spacial score (nSPS) is 17.5. The van der Waals surface area contributed by atoms with Crippen LogP contribution in [0.3, 0.4) is 0 Å². The highest BCUT2D eigenvalue weighted by Crippen LogP contribution is 2.28. The number of carbonyl (C=O) groups excluding carboxylic acids is 1. The Labute approximate surface area is 203 Å². The van der Waals surface area contributed by atoms with E-state index >= 15 is 0 Å². The zero-order chi connectivity index (χ0) is 23.4. The summed E-state index contributed by atoms with van der Waals surface area (Å²) in [7, 11) is 8.00. The highest BCUT2D eigenvalue weighted by Gasteiger charge is 2.23. The third kappa shape index (κ3) is 5.95. The van der Waals surface area contributed by atoms with E-state index in [1.165, 1.54) is 0 Å². The van der Waals surface area contributed by atoms with Crippen LogP contribution in [-0.4, -0.2) is 56.7 Å². The van der Waals surface area contributed by atoms with Gasteiger partial charge in [0.05, 0.1) is 5.52 Å². The van der Waals surface area contributed by atoms with Crippen molar-refractivity contribution >= 4 is 34.3 Å². The molecule has 1 saturated carbocycles. The summed E-state index contributed by atoms with van der Waals surface area (Å²) in [6, 6.07) is 16.2. The number of nitrogens with one attached hydrogen (secondary N) is 2. The molecule has 0 radical (unpaired) electrons. The van der Waals surface area contributed by atoms with Crippen LogP contribution < -0.4 is 20.4 Å². The molecule has 7 nitrogen and oxygen atoms in total. The number of rotatable bonds is 7. The number of fused-ring (bicyclic) bond motifs is 1. The Morgan fingerprint density at radius 2 is 1.59 bits per heavy atom. The molecule has 1 amide bonds. The molecule has 1 aromatic heterocycles. The lowest BCUT2D eigenvalue weighted by atomic mass is 9.86. The summed E-state index contributed by atoms with van der Waals surface area (Å²) in [4.78, 5) is 26.1. The average Bonchev–Trinajstić information content (AvgIpc) is 2.83. The number of aromatic nitrogens is 2. The molecule has 0 unspecified atom stereocenters. The number of hydrogen-bond acceptors (Lipinski definition) is 6. The Hall–Kier alpha value is -3.35. The summed E-state index contributed by atoms with van der Waals surface area (Å²) in [5.41, 5.74) is 2.75. The van der Waals surface area contributed by atoms with Gasteiger partial charge in [0.15, 0.2) is 0 Å². The van der Waals surface area contributed by atoms with E-state index in [9.17, 15) is 4.79 Å². The molecule has 0 aliphatic heterocycles. The maximum atomic E-state index is 12.5. The first-order chi connectivity index (χ1) is 15.9. The van der Waals surface area contributed by atoms with Crippen LogP contribution in [0.5, 0.6) is 0 Å². The number of amides is 1. The lowest BCUT2D eigenvalue weighted by molar-refractivity contribution is 0.0943. The van der Waals surface area contributed by atoms with Gasteiger partial charge in [0.2, 0.25) is 5.95 Å². The predicted octanol–water partition coefficient (Wildman–Crippen LogP) is 4.80. The summed E-state index contributed by atoms with van der Waals surface area (Å²) >= 11 is 0. The molecule has 0 atom stereocenters. The van der Waals surface area contributed by atoms with Gasteiger partial charge in [-0.2, -0.15) is 4.98 Å². The Morgan fingerprint density at radius 1 is 0.912 bits per heavy atom. The standard InChI is InChI=1S/C26H34N6O.CH4/c1-31(2)21-15-11-19(12-16-21)25(33)27-17-18-9-13-20(14-10-18)28-26-29-23-8-6-5-7-22(23)24(30-26)32(3)4;/h5-8,11-12,15-16,18,20H,9-10,13-14,17H2,1-4H3,(H,27,33)(H,28,29,30);1H4. The SMILES string of the molecule is C.CN(C)c1ccc(C(=O)NCC2CCC(Nc3nc(N(C)C)c4ccccc4n3)CC2)cc1. The lowest BCUT2D eigenvalue weighted by Crippen LogP contribution is -2.34. The van der Waals surface area contributed by atoms with E-state index in [1.807, 2.05) is 80.5 Å². The number of nitrogens with zero attached hydrogens (tertiary/aromatic N) is 4. The first kappa shape index (κ1) is 25.3. The fourth-order valence-electron chi connectivity index (χ4n) is 4.41. The number of hydrogen-bond donors (Lipinski definition) is 2. The van der Waals surface area contributed by atoms with Gasteiger partial charge in [-0.05, 0) is 68.0 Å². The van der Waals surface area contributed by atoms with Crippen LogP contribution in [0.15, 0.2) is 48.5 Å². The van der Waals surface area contributed by atoms with Crippen LogP contribution >= 0.6 is 0 Å². The Balaban J connectivity index is 0.00000324. The average molecular weight is 463 g/mol. The molecule has 0 saturated heterocycles. The topological polar surface area (TPSA) is 73.4 Å². The molecular formula is C27H38N6O. The third-order valence-electron chi connectivity index (χ3n) is 6.38. The van der Waals surface area contributed by atoms with Crippen molar-refractivity contribution in [2.75, 3.05) is 49.9 Å². The van der Waals surface area contributed by atoms with Crippen LogP contribution in [0.4, 0.5) is 17.5 Å². The molecule has 7 heteroatoms. The highest BCUT2D eigenvalue weighted by atomic mass is 16.1. The highest BCUT2D eigenvalue weighted by molar-refractivity contribution is 5.94. The van der Waals surface area contributed by atoms with E-state index in [4.69, 9.17) is 9.97 Å². The van der Waals surface area contributed by atoms with Crippen molar-refractivity contribution in [1.29, 1.82) is 0 Å². The molecule has 34 heavy (non-hydrogen) atoms. The van der Waals surface area contributed by atoms with Crippen LogP contribution in [0.25, 0.3) is 10.9 Å². The molecular weight excluding hydrogens is 424 g/mol. The zero-order valence-electron chi connectivity index (χ0n) is 20.0. The molecule has 0 spiro atoms. The number of benzene rings is 2. The molecule has 3 aromatic rings. The molecule has 1 fully saturated rings. The van der Waals surface area contributed by atoms with E-state index in [0.717, 1.165) is 54.6 Å². The van der Waals surface area contributed by atoms with Crippen LogP contribution in [0.1, 0.15) is 43.5 Å². The summed E-state index contributed by atoms with van der Waals surface area (Å²) in [5.74, 6) is 2.12. The first-order valence-electron chi connectivity index (χ1n) is 11.7. The van der Waals surface area contributed by atoms with E-state index in [0.29, 0.717) is 23.5 Å². The lowest BCUT2D eigenvalue weighted by Gasteiger charge is -2.29. The van der Waals surface area contributed by atoms with Gasteiger partial charge >= 0.3 is 0 Å². The third-order valence-corrected chi connectivity index (χ3v) is 6.38. The Bertz CT molecular complexity index is 1090.